The van der Waals surface area contributed by atoms with E-state index in [4.69, 9.17) is 5.73 Å². The van der Waals surface area contributed by atoms with Crippen molar-refractivity contribution in [1.29, 1.82) is 0 Å². The van der Waals surface area contributed by atoms with Gasteiger partial charge in [0.1, 0.15) is 0 Å². The first-order valence-corrected chi connectivity index (χ1v) is 9.37. The Morgan fingerprint density at radius 2 is 1.40 bits per heavy atom. The molecule has 2 aromatic carbocycles. The molecule has 2 aromatic rings. The monoisotopic (exact) mass is 361 g/mol. The molecule has 6 nitrogen and oxygen atoms in total. The van der Waals surface area contributed by atoms with Crippen molar-refractivity contribution in [3.05, 3.63) is 71.8 Å². The van der Waals surface area contributed by atoms with Gasteiger partial charge in [-0.05, 0) is 11.1 Å². The van der Waals surface area contributed by atoms with Crippen molar-refractivity contribution in [2.45, 2.75) is 19.5 Å². The summed E-state index contributed by atoms with van der Waals surface area (Å²) in [4.78, 5) is 11.1. The summed E-state index contributed by atoms with van der Waals surface area (Å²) in [5.41, 5.74) is 6.95. The largest absolute Gasteiger partial charge is 0.370 e. The highest BCUT2D eigenvalue weighted by Crippen LogP contribution is 2.15. The Morgan fingerprint density at radius 3 is 1.88 bits per heavy atom. The zero-order valence-corrected chi connectivity index (χ0v) is 15.0. The molecule has 0 aliphatic carbocycles. The van der Waals surface area contributed by atoms with Crippen molar-refractivity contribution in [2.75, 3.05) is 13.6 Å². The summed E-state index contributed by atoms with van der Waals surface area (Å²) in [7, 11) is -2.20. The molecule has 0 bridgehead atoms. The van der Waals surface area contributed by atoms with Gasteiger partial charge < -0.3 is 5.73 Å². The number of carbonyl (C=O) groups is 1. The summed E-state index contributed by atoms with van der Waals surface area (Å²) in [5.74, 6) is -0.529. The maximum Gasteiger partial charge on any atom is 0.282 e. The molecular weight excluding hydrogens is 338 g/mol. The average Bonchev–Trinajstić information content (AvgIpc) is 2.60. The molecular formula is C18H23N3O3S. The van der Waals surface area contributed by atoms with Gasteiger partial charge in [0.15, 0.2) is 0 Å². The molecule has 2 N–H and O–H groups in total. The fraction of sp³-hybridized carbons (Fsp3) is 0.278. The Morgan fingerprint density at radius 1 is 0.920 bits per heavy atom. The third kappa shape index (κ3) is 5.67. The van der Waals surface area contributed by atoms with Gasteiger partial charge in [0.2, 0.25) is 5.91 Å². The summed E-state index contributed by atoms with van der Waals surface area (Å²) < 4.78 is 28.5. The number of carbonyl (C=O) groups excluding carboxylic acids is 1. The highest BCUT2D eigenvalue weighted by Gasteiger charge is 2.27. The van der Waals surface area contributed by atoms with Crippen LogP contribution >= 0.6 is 0 Å². The van der Waals surface area contributed by atoms with Crippen LogP contribution in [-0.2, 0) is 28.1 Å². The quantitative estimate of drug-likeness (QED) is 0.738. The Hall–Kier alpha value is -2.22. The van der Waals surface area contributed by atoms with Crippen molar-refractivity contribution < 1.29 is 13.2 Å². The van der Waals surface area contributed by atoms with Crippen LogP contribution in [0.15, 0.2) is 60.7 Å². The number of hydrogen-bond donors (Lipinski definition) is 1. The van der Waals surface area contributed by atoms with Gasteiger partial charge in [0.25, 0.3) is 10.2 Å². The number of amides is 1. The predicted octanol–water partition coefficient (Wildman–Crippen LogP) is 1.74. The first kappa shape index (κ1) is 19.1. The smallest absolute Gasteiger partial charge is 0.282 e. The Kier molecular flexibility index (Phi) is 6.69. The van der Waals surface area contributed by atoms with E-state index in [9.17, 15) is 13.2 Å². The van der Waals surface area contributed by atoms with Gasteiger partial charge in [0, 0.05) is 33.1 Å². The van der Waals surface area contributed by atoms with E-state index < -0.39 is 16.1 Å². The average molecular weight is 361 g/mol. The molecule has 0 aliphatic rings. The molecule has 0 aromatic heterocycles. The van der Waals surface area contributed by atoms with Gasteiger partial charge in [0.05, 0.1) is 0 Å². The predicted molar refractivity (Wildman–Crippen MR) is 97.5 cm³/mol. The SMILES string of the molecule is CN(Cc1ccccc1)S(=O)(=O)N(CCC(N)=O)Cc1ccccc1. The van der Waals surface area contributed by atoms with Gasteiger partial charge in [-0.25, -0.2) is 0 Å². The minimum atomic E-state index is -3.73. The van der Waals surface area contributed by atoms with Gasteiger partial charge in [-0.1, -0.05) is 60.7 Å². The molecule has 7 heteroatoms. The van der Waals surface area contributed by atoms with E-state index in [1.54, 1.807) is 0 Å². The van der Waals surface area contributed by atoms with E-state index in [-0.39, 0.29) is 26.1 Å². The second-order valence-corrected chi connectivity index (χ2v) is 7.82. The molecule has 0 saturated carbocycles. The van der Waals surface area contributed by atoms with Crippen molar-refractivity contribution in [1.82, 2.24) is 8.61 Å². The normalized spacial score (nSPS) is 11.8. The molecule has 2 rings (SSSR count). The molecule has 1 amide bonds. The minimum absolute atomic E-state index is 0.0226. The van der Waals surface area contributed by atoms with Crippen LogP contribution in [0, 0.1) is 0 Å². The Balaban J connectivity index is 2.18. The number of nitrogens with zero attached hydrogens (tertiary/aromatic N) is 2. The number of nitrogens with two attached hydrogens (primary N) is 1. The maximum absolute atomic E-state index is 13.0. The van der Waals surface area contributed by atoms with Crippen molar-refractivity contribution in [2.24, 2.45) is 5.73 Å². The molecule has 0 aliphatic heterocycles. The van der Waals surface area contributed by atoms with Crippen LogP contribution in [-0.4, -0.2) is 36.5 Å². The van der Waals surface area contributed by atoms with Crippen LogP contribution in [0.5, 0.6) is 0 Å². The first-order chi connectivity index (χ1) is 11.9. The molecule has 0 spiro atoms. The van der Waals surface area contributed by atoms with Gasteiger partial charge in [-0.15, -0.1) is 0 Å². The molecule has 0 saturated heterocycles. The van der Waals surface area contributed by atoms with Crippen LogP contribution < -0.4 is 5.73 Å². The maximum atomic E-state index is 13.0. The first-order valence-electron chi connectivity index (χ1n) is 7.97. The zero-order chi connectivity index (χ0) is 18.3. The number of primary amides is 1. The number of hydrogen-bond acceptors (Lipinski definition) is 3. The lowest BCUT2D eigenvalue weighted by Gasteiger charge is -2.27. The fourth-order valence-electron chi connectivity index (χ4n) is 2.42. The van der Waals surface area contributed by atoms with E-state index in [2.05, 4.69) is 0 Å². The number of benzene rings is 2. The lowest BCUT2D eigenvalue weighted by molar-refractivity contribution is -0.118. The third-order valence-corrected chi connectivity index (χ3v) is 5.66. The lowest BCUT2D eigenvalue weighted by atomic mass is 10.2. The van der Waals surface area contributed by atoms with Crippen LogP contribution in [0.4, 0.5) is 0 Å². The van der Waals surface area contributed by atoms with E-state index in [0.29, 0.717) is 0 Å². The highest BCUT2D eigenvalue weighted by molar-refractivity contribution is 7.86. The second kappa shape index (κ2) is 8.75. The van der Waals surface area contributed by atoms with E-state index >= 15 is 0 Å². The van der Waals surface area contributed by atoms with E-state index in [0.717, 1.165) is 11.1 Å². The molecule has 25 heavy (non-hydrogen) atoms. The van der Waals surface area contributed by atoms with E-state index in [1.165, 1.54) is 15.7 Å². The van der Waals surface area contributed by atoms with Crippen LogP contribution in [0.2, 0.25) is 0 Å². The summed E-state index contributed by atoms with van der Waals surface area (Å²) in [6.45, 7) is 0.492. The number of rotatable bonds is 9. The molecule has 0 unspecified atom stereocenters. The van der Waals surface area contributed by atoms with Crippen molar-refractivity contribution in [3.8, 4) is 0 Å². The van der Waals surface area contributed by atoms with Crippen LogP contribution in [0.3, 0.4) is 0 Å². The topological polar surface area (TPSA) is 83.7 Å². The van der Waals surface area contributed by atoms with Gasteiger partial charge >= 0.3 is 0 Å². The summed E-state index contributed by atoms with van der Waals surface area (Å²) in [6, 6.07) is 18.6. The zero-order valence-electron chi connectivity index (χ0n) is 14.2. The second-order valence-electron chi connectivity index (χ2n) is 5.78. The lowest BCUT2D eigenvalue weighted by Crippen LogP contribution is -2.42. The molecule has 0 radical (unpaired) electrons. The fourth-order valence-corrected chi connectivity index (χ4v) is 3.76. The molecule has 0 atom stereocenters. The van der Waals surface area contributed by atoms with Crippen molar-refractivity contribution >= 4 is 16.1 Å². The van der Waals surface area contributed by atoms with E-state index in [1.807, 2.05) is 60.7 Å². The van der Waals surface area contributed by atoms with Crippen molar-refractivity contribution in [3.63, 3.8) is 0 Å². The standard InChI is InChI=1S/C18H23N3O3S/c1-20(14-16-8-4-2-5-9-16)25(23,24)21(13-12-18(19)22)15-17-10-6-3-7-11-17/h2-11H,12-15H2,1H3,(H2,19,22). The summed E-state index contributed by atoms with van der Waals surface area (Å²) in [5, 5.41) is 0. The Bertz CT molecular complexity index is 780. The Labute approximate surface area is 149 Å². The van der Waals surface area contributed by atoms with Gasteiger partial charge in [-0.3, -0.25) is 4.79 Å². The molecule has 0 fully saturated rings. The van der Waals surface area contributed by atoms with Crippen LogP contribution in [0.25, 0.3) is 0 Å². The highest BCUT2D eigenvalue weighted by atomic mass is 32.2. The summed E-state index contributed by atoms with van der Waals surface area (Å²) in [6.07, 6.45) is -0.0226. The molecule has 0 heterocycles. The third-order valence-electron chi connectivity index (χ3n) is 3.78. The molecule has 134 valence electrons. The summed E-state index contributed by atoms with van der Waals surface area (Å²) >= 11 is 0. The van der Waals surface area contributed by atoms with Crippen LogP contribution in [0.1, 0.15) is 17.5 Å². The van der Waals surface area contributed by atoms with Gasteiger partial charge in [-0.2, -0.15) is 17.0 Å². The minimum Gasteiger partial charge on any atom is -0.370 e.